The zero-order valence-electron chi connectivity index (χ0n) is 18.2. The van der Waals surface area contributed by atoms with E-state index in [0.29, 0.717) is 18.1 Å². The highest BCUT2D eigenvalue weighted by atomic mass is 16.2. The number of aryl methyl sites for hydroxylation is 2. The topological polar surface area (TPSA) is 76.0 Å². The third-order valence-electron chi connectivity index (χ3n) is 5.26. The van der Waals surface area contributed by atoms with Crippen LogP contribution in [0.3, 0.4) is 0 Å². The van der Waals surface area contributed by atoms with Crippen LogP contribution in [0.25, 0.3) is 0 Å². The Balaban J connectivity index is 1.97. The molecule has 0 saturated heterocycles. The van der Waals surface area contributed by atoms with Gasteiger partial charge in [0.15, 0.2) is 5.82 Å². The number of hydrogen-bond acceptors (Lipinski definition) is 3. The van der Waals surface area contributed by atoms with E-state index in [1.54, 1.807) is 0 Å². The molecule has 6 heteroatoms. The number of nitrogens with one attached hydrogen (secondary N) is 2. The number of rotatable bonds is 5. The van der Waals surface area contributed by atoms with Crippen molar-refractivity contribution >= 4 is 17.5 Å². The summed E-state index contributed by atoms with van der Waals surface area (Å²) in [6.45, 7) is 10.7. The van der Waals surface area contributed by atoms with Crippen molar-refractivity contribution in [2.24, 2.45) is 0 Å². The highest BCUT2D eigenvalue weighted by Gasteiger charge is 2.29. The average molecular weight is 397 g/mol. The molecule has 0 aliphatic carbocycles. The summed E-state index contributed by atoms with van der Waals surface area (Å²) in [5.74, 6) is -0.143. The molecule has 1 aliphatic heterocycles. The second kappa shape index (κ2) is 8.39. The maximum absolute atomic E-state index is 13.2. The maximum Gasteiger partial charge on any atom is 0.291 e. The summed E-state index contributed by atoms with van der Waals surface area (Å²) in [5, 5.41) is 6.07. The number of carbonyl (C=O) groups excluding carboxylic acids is 2. The van der Waals surface area contributed by atoms with Gasteiger partial charge in [0.2, 0.25) is 0 Å². The van der Waals surface area contributed by atoms with E-state index in [1.165, 1.54) is 0 Å². The van der Waals surface area contributed by atoms with Crippen LogP contribution in [0.1, 0.15) is 85.4 Å². The molecule has 0 spiro atoms. The Labute approximate surface area is 173 Å². The summed E-state index contributed by atoms with van der Waals surface area (Å²) in [5.41, 5.74) is 3.96. The molecule has 2 N–H and O–H groups in total. The van der Waals surface area contributed by atoms with Crippen molar-refractivity contribution in [1.82, 2.24) is 14.9 Å². The highest BCUT2D eigenvalue weighted by molar-refractivity contribution is 6.04. The zero-order valence-corrected chi connectivity index (χ0v) is 18.2. The summed E-state index contributed by atoms with van der Waals surface area (Å²) in [4.78, 5) is 30.5. The lowest BCUT2D eigenvalue weighted by atomic mass is 10.0. The number of anilines is 1. The molecule has 0 radical (unpaired) electrons. The lowest BCUT2D eigenvalue weighted by molar-refractivity contribution is 0.0913. The standard InChI is InChI=1S/C23H32N4O2/c1-6-15-11-10-12-16(7-2)18(15)25-22(29)20-24-19(21(28)26-23(3,4)5)17-13-8-9-14-27(17)20/h10-12H,6-9,13-14H2,1-5H3,(H,25,29)(H,26,28). The predicted octanol–water partition coefficient (Wildman–Crippen LogP) is 4.12. The van der Waals surface area contributed by atoms with Gasteiger partial charge in [0.05, 0.1) is 5.69 Å². The molecule has 0 atom stereocenters. The smallest absolute Gasteiger partial charge is 0.291 e. The van der Waals surface area contributed by atoms with Crippen molar-refractivity contribution in [3.05, 3.63) is 46.5 Å². The minimum atomic E-state index is -0.360. The Hall–Kier alpha value is -2.63. The molecule has 0 bridgehead atoms. The summed E-state index contributed by atoms with van der Waals surface area (Å²) in [7, 11) is 0. The molecule has 0 unspecified atom stereocenters. The molecule has 1 aromatic carbocycles. The molecule has 156 valence electrons. The molecular weight excluding hydrogens is 364 g/mol. The SMILES string of the molecule is CCc1cccc(CC)c1NC(=O)c1nc(C(=O)NC(C)(C)C)c2n1CCCC2. The van der Waals surface area contributed by atoms with Crippen LogP contribution in [0, 0.1) is 0 Å². The third-order valence-corrected chi connectivity index (χ3v) is 5.26. The van der Waals surface area contributed by atoms with Crippen LogP contribution in [-0.4, -0.2) is 26.9 Å². The fraction of sp³-hybridized carbons (Fsp3) is 0.522. The average Bonchev–Trinajstić information content (AvgIpc) is 3.07. The predicted molar refractivity (Wildman–Crippen MR) is 116 cm³/mol. The minimum absolute atomic E-state index is 0.217. The first-order valence-electron chi connectivity index (χ1n) is 10.6. The number of hydrogen-bond donors (Lipinski definition) is 2. The van der Waals surface area contributed by atoms with Crippen molar-refractivity contribution in [2.75, 3.05) is 5.32 Å². The largest absolute Gasteiger partial charge is 0.346 e. The summed E-state index contributed by atoms with van der Waals surface area (Å²) >= 11 is 0. The van der Waals surface area contributed by atoms with Crippen LogP contribution in [0.2, 0.25) is 0 Å². The molecule has 0 fully saturated rings. The van der Waals surface area contributed by atoms with Gasteiger partial charge >= 0.3 is 0 Å². The quantitative estimate of drug-likeness (QED) is 0.798. The van der Waals surface area contributed by atoms with E-state index in [-0.39, 0.29) is 17.4 Å². The number of amides is 2. The van der Waals surface area contributed by atoms with E-state index >= 15 is 0 Å². The monoisotopic (exact) mass is 396 g/mol. The van der Waals surface area contributed by atoms with Gasteiger partial charge in [-0.15, -0.1) is 0 Å². The Morgan fingerprint density at radius 2 is 1.72 bits per heavy atom. The number of carbonyl (C=O) groups is 2. The minimum Gasteiger partial charge on any atom is -0.346 e. The second-order valence-corrected chi connectivity index (χ2v) is 8.66. The van der Waals surface area contributed by atoms with Gasteiger partial charge in [0, 0.05) is 17.8 Å². The summed E-state index contributed by atoms with van der Waals surface area (Å²) < 4.78 is 1.93. The molecule has 6 nitrogen and oxygen atoms in total. The fourth-order valence-electron chi connectivity index (χ4n) is 3.87. The normalized spacial score (nSPS) is 13.7. The molecule has 1 aliphatic rings. The van der Waals surface area contributed by atoms with Crippen LogP contribution < -0.4 is 10.6 Å². The van der Waals surface area contributed by atoms with E-state index in [9.17, 15) is 9.59 Å². The van der Waals surface area contributed by atoms with Gasteiger partial charge in [-0.3, -0.25) is 9.59 Å². The molecule has 2 heterocycles. The second-order valence-electron chi connectivity index (χ2n) is 8.66. The molecule has 2 aromatic rings. The first-order valence-corrected chi connectivity index (χ1v) is 10.6. The van der Waals surface area contributed by atoms with Crippen LogP contribution >= 0.6 is 0 Å². The summed E-state index contributed by atoms with van der Waals surface area (Å²) in [6, 6.07) is 6.11. The van der Waals surface area contributed by atoms with E-state index in [1.807, 2.05) is 43.5 Å². The van der Waals surface area contributed by atoms with Crippen LogP contribution in [-0.2, 0) is 25.8 Å². The number of aromatic nitrogens is 2. The van der Waals surface area contributed by atoms with Gasteiger partial charge in [0.25, 0.3) is 11.8 Å². The lowest BCUT2D eigenvalue weighted by Crippen LogP contribution is -2.41. The van der Waals surface area contributed by atoms with Gasteiger partial charge in [-0.1, -0.05) is 32.0 Å². The van der Waals surface area contributed by atoms with Crippen molar-refractivity contribution in [2.45, 2.75) is 78.8 Å². The Bertz CT molecular complexity index is 899. The number of nitrogens with zero attached hydrogens (tertiary/aromatic N) is 2. The van der Waals surface area contributed by atoms with Gasteiger partial charge < -0.3 is 15.2 Å². The van der Waals surface area contributed by atoms with Gasteiger partial charge in [-0.05, 0) is 64.0 Å². The summed E-state index contributed by atoms with van der Waals surface area (Å²) in [6.07, 6.45) is 4.42. The molecule has 0 saturated carbocycles. The molecule has 1 aromatic heterocycles. The molecular formula is C23H32N4O2. The van der Waals surface area contributed by atoms with Crippen molar-refractivity contribution in [3.8, 4) is 0 Å². The zero-order chi connectivity index (χ0) is 21.2. The van der Waals surface area contributed by atoms with E-state index in [0.717, 1.165) is 54.6 Å². The molecule has 2 amide bonds. The number of para-hydroxylation sites is 1. The first kappa shape index (κ1) is 21.1. The van der Waals surface area contributed by atoms with E-state index in [4.69, 9.17) is 0 Å². The van der Waals surface area contributed by atoms with Crippen LogP contribution in [0.15, 0.2) is 18.2 Å². The van der Waals surface area contributed by atoms with Crippen molar-refractivity contribution in [1.29, 1.82) is 0 Å². The molecule has 3 rings (SSSR count). The molecule has 29 heavy (non-hydrogen) atoms. The lowest BCUT2D eigenvalue weighted by Gasteiger charge is -2.21. The van der Waals surface area contributed by atoms with Crippen molar-refractivity contribution in [3.63, 3.8) is 0 Å². The van der Waals surface area contributed by atoms with Gasteiger partial charge in [-0.2, -0.15) is 0 Å². The number of fused-ring (bicyclic) bond motifs is 1. The van der Waals surface area contributed by atoms with Crippen LogP contribution in [0.4, 0.5) is 5.69 Å². The first-order chi connectivity index (χ1) is 13.7. The Morgan fingerprint density at radius 1 is 1.07 bits per heavy atom. The Morgan fingerprint density at radius 3 is 2.31 bits per heavy atom. The van der Waals surface area contributed by atoms with Crippen LogP contribution in [0.5, 0.6) is 0 Å². The van der Waals surface area contributed by atoms with Gasteiger partial charge in [-0.25, -0.2) is 4.98 Å². The number of imidazole rings is 1. The van der Waals surface area contributed by atoms with E-state index in [2.05, 4.69) is 29.5 Å². The van der Waals surface area contributed by atoms with E-state index < -0.39 is 0 Å². The highest BCUT2D eigenvalue weighted by Crippen LogP contribution is 2.26. The fourth-order valence-corrected chi connectivity index (χ4v) is 3.87. The maximum atomic E-state index is 13.2. The number of benzene rings is 1. The van der Waals surface area contributed by atoms with Crippen molar-refractivity contribution < 1.29 is 9.59 Å². The Kier molecular flexibility index (Phi) is 6.10. The third kappa shape index (κ3) is 4.52. The van der Waals surface area contributed by atoms with Gasteiger partial charge in [0.1, 0.15) is 5.69 Å².